The predicted octanol–water partition coefficient (Wildman–Crippen LogP) is 1.98. The van der Waals surface area contributed by atoms with Crippen LogP contribution in [0.1, 0.15) is 11.1 Å². The second-order valence-corrected chi connectivity index (χ2v) is 3.62. The van der Waals surface area contributed by atoms with Crippen LogP contribution in [0.2, 0.25) is 0 Å². The topological polar surface area (TPSA) is 46.2 Å². The standard InChI is InChI=1S/C10H10F5NO/c1-5-2-3-6(11)7(8(5)12)9(17,4-16)10(13,14)15/h2-3,17H,4,16H2,1H3. The van der Waals surface area contributed by atoms with Gasteiger partial charge in [0.05, 0.1) is 5.56 Å². The molecule has 0 aliphatic heterocycles. The fourth-order valence-corrected chi connectivity index (χ4v) is 1.40. The van der Waals surface area contributed by atoms with E-state index in [-0.39, 0.29) is 5.56 Å². The predicted molar refractivity (Wildman–Crippen MR) is 50.1 cm³/mol. The summed E-state index contributed by atoms with van der Waals surface area (Å²) in [5, 5.41) is 9.38. The van der Waals surface area contributed by atoms with Crippen LogP contribution in [0.5, 0.6) is 0 Å². The second kappa shape index (κ2) is 4.23. The molecular formula is C10H10F5NO. The molecule has 0 amide bonds. The van der Waals surface area contributed by atoms with E-state index in [1.807, 2.05) is 0 Å². The summed E-state index contributed by atoms with van der Waals surface area (Å²) in [6.45, 7) is -0.209. The van der Waals surface area contributed by atoms with Gasteiger partial charge < -0.3 is 10.8 Å². The molecule has 0 spiro atoms. The molecule has 1 rings (SSSR count). The van der Waals surface area contributed by atoms with Crippen molar-refractivity contribution in [1.29, 1.82) is 0 Å². The van der Waals surface area contributed by atoms with Crippen LogP contribution in [0.25, 0.3) is 0 Å². The minimum atomic E-state index is -5.27. The van der Waals surface area contributed by atoms with Crippen LogP contribution >= 0.6 is 0 Å². The molecule has 0 heterocycles. The number of aliphatic hydroxyl groups is 1. The number of hydrogen-bond donors (Lipinski definition) is 2. The van der Waals surface area contributed by atoms with Crippen LogP contribution < -0.4 is 5.73 Å². The molecule has 7 heteroatoms. The quantitative estimate of drug-likeness (QED) is 0.794. The lowest BCUT2D eigenvalue weighted by atomic mass is 9.90. The molecular weight excluding hydrogens is 245 g/mol. The summed E-state index contributed by atoms with van der Waals surface area (Å²) in [7, 11) is 0. The van der Waals surface area contributed by atoms with Gasteiger partial charge >= 0.3 is 6.18 Å². The lowest BCUT2D eigenvalue weighted by Crippen LogP contribution is -2.49. The largest absolute Gasteiger partial charge is 0.422 e. The number of alkyl halides is 3. The Balaban J connectivity index is 3.56. The molecule has 2 nitrogen and oxygen atoms in total. The highest BCUT2D eigenvalue weighted by Crippen LogP contribution is 2.40. The highest BCUT2D eigenvalue weighted by molar-refractivity contribution is 5.33. The van der Waals surface area contributed by atoms with E-state index in [1.54, 1.807) is 0 Å². The monoisotopic (exact) mass is 255 g/mol. The Morgan fingerprint density at radius 3 is 2.18 bits per heavy atom. The average molecular weight is 255 g/mol. The Morgan fingerprint density at radius 1 is 1.24 bits per heavy atom. The summed E-state index contributed by atoms with van der Waals surface area (Å²) in [4.78, 5) is 0. The van der Waals surface area contributed by atoms with E-state index in [1.165, 1.54) is 0 Å². The lowest BCUT2D eigenvalue weighted by molar-refractivity contribution is -0.264. The van der Waals surface area contributed by atoms with Crippen LogP contribution in [0, 0.1) is 18.6 Å². The minimum absolute atomic E-state index is 0.211. The van der Waals surface area contributed by atoms with Gasteiger partial charge in [-0.05, 0) is 18.6 Å². The van der Waals surface area contributed by atoms with Crippen molar-refractivity contribution in [2.75, 3.05) is 6.54 Å². The molecule has 1 aromatic carbocycles. The van der Waals surface area contributed by atoms with Crippen molar-refractivity contribution in [3.8, 4) is 0 Å². The number of benzene rings is 1. The van der Waals surface area contributed by atoms with Crippen molar-refractivity contribution in [1.82, 2.24) is 0 Å². The van der Waals surface area contributed by atoms with E-state index < -0.39 is 35.5 Å². The van der Waals surface area contributed by atoms with Crippen LogP contribution in [0.15, 0.2) is 12.1 Å². The van der Waals surface area contributed by atoms with Gasteiger partial charge in [0.2, 0.25) is 5.60 Å². The summed E-state index contributed by atoms with van der Waals surface area (Å²) < 4.78 is 64.7. The third-order valence-electron chi connectivity index (χ3n) is 2.46. The van der Waals surface area contributed by atoms with Crippen LogP contribution in [0.3, 0.4) is 0 Å². The highest BCUT2D eigenvalue weighted by Gasteiger charge is 2.56. The van der Waals surface area contributed by atoms with Crippen molar-refractivity contribution in [3.05, 3.63) is 34.9 Å². The highest BCUT2D eigenvalue weighted by atomic mass is 19.4. The SMILES string of the molecule is Cc1ccc(F)c(C(O)(CN)C(F)(F)F)c1F. The third-order valence-corrected chi connectivity index (χ3v) is 2.46. The van der Waals surface area contributed by atoms with Crippen LogP contribution in [0.4, 0.5) is 22.0 Å². The molecule has 1 atom stereocenters. The molecule has 0 bridgehead atoms. The number of rotatable bonds is 2. The van der Waals surface area contributed by atoms with Crippen molar-refractivity contribution in [2.24, 2.45) is 5.73 Å². The van der Waals surface area contributed by atoms with Crippen LogP contribution in [-0.2, 0) is 5.60 Å². The molecule has 0 saturated heterocycles. The zero-order chi connectivity index (χ0) is 13.4. The van der Waals surface area contributed by atoms with Crippen molar-refractivity contribution in [3.63, 3.8) is 0 Å². The Morgan fingerprint density at radius 2 is 1.76 bits per heavy atom. The first-order valence-corrected chi connectivity index (χ1v) is 4.59. The molecule has 0 aliphatic carbocycles. The van der Waals surface area contributed by atoms with E-state index in [2.05, 4.69) is 0 Å². The maximum atomic E-state index is 13.5. The van der Waals surface area contributed by atoms with Gasteiger partial charge in [0.1, 0.15) is 11.6 Å². The summed E-state index contributed by atoms with van der Waals surface area (Å²) >= 11 is 0. The van der Waals surface area contributed by atoms with Gasteiger partial charge in [-0.15, -0.1) is 0 Å². The average Bonchev–Trinajstić information content (AvgIpc) is 2.22. The summed E-state index contributed by atoms with van der Waals surface area (Å²) in [6.07, 6.45) is -5.27. The molecule has 0 saturated carbocycles. The number of nitrogens with two attached hydrogens (primary N) is 1. The molecule has 17 heavy (non-hydrogen) atoms. The Hall–Kier alpha value is -1.21. The Labute approximate surface area is 93.9 Å². The van der Waals surface area contributed by atoms with Gasteiger partial charge in [0.25, 0.3) is 0 Å². The number of halogens is 5. The second-order valence-electron chi connectivity index (χ2n) is 3.62. The van der Waals surface area contributed by atoms with Gasteiger partial charge in [-0.25, -0.2) is 8.78 Å². The van der Waals surface area contributed by atoms with Crippen molar-refractivity contribution < 1.29 is 27.1 Å². The van der Waals surface area contributed by atoms with E-state index in [0.717, 1.165) is 13.0 Å². The molecule has 0 fully saturated rings. The summed E-state index contributed by atoms with van der Waals surface area (Å²) in [5.41, 5.74) is -0.595. The molecule has 3 N–H and O–H groups in total. The van der Waals surface area contributed by atoms with Gasteiger partial charge in [-0.3, -0.25) is 0 Å². The zero-order valence-corrected chi connectivity index (χ0v) is 8.78. The minimum Gasteiger partial charge on any atom is -0.375 e. The van der Waals surface area contributed by atoms with Gasteiger partial charge in [0.15, 0.2) is 0 Å². The molecule has 1 aromatic rings. The maximum Gasteiger partial charge on any atom is 0.422 e. The van der Waals surface area contributed by atoms with E-state index in [4.69, 9.17) is 5.73 Å². The third kappa shape index (κ3) is 2.12. The first-order chi connectivity index (χ1) is 7.65. The zero-order valence-electron chi connectivity index (χ0n) is 8.78. The van der Waals surface area contributed by atoms with E-state index in [9.17, 15) is 27.1 Å². The summed E-state index contributed by atoms with van der Waals surface area (Å²) in [5.74, 6) is -2.94. The summed E-state index contributed by atoms with van der Waals surface area (Å²) in [6, 6.07) is 1.63. The smallest absolute Gasteiger partial charge is 0.375 e. The fourth-order valence-electron chi connectivity index (χ4n) is 1.40. The van der Waals surface area contributed by atoms with Crippen molar-refractivity contribution in [2.45, 2.75) is 18.7 Å². The van der Waals surface area contributed by atoms with Gasteiger partial charge in [-0.1, -0.05) is 6.07 Å². The van der Waals surface area contributed by atoms with Crippen LogP contribution in [-0.4, -0.2) is 17.8 Å². The van der Waals surface area contributed by atoms with E-state index >= 15 is 0 Å². The normalized spacial score (nSPS) is 15.8. The fraction of sp³-hybridized carbons (Fsp3) is 0.400. The van der Waals surface area contributed by atoms with Gasteiger partial charge in [-0.2, -0.15) is 13.2 Å². The molecule has 0 aromatic heterocycles. The molecule has 96 valence electrons. The van der Waals surface area contributed by atoms with Crippen molar-refractivity contribution >= 4 is 0 Å². The van der Waals surface area contributed by atoms with Gasteiger partial charge in [0, 0.05) is 6.54 Å². The molecule has 0 radical (unpaired) electrons. The number of aryl methyl sites for hydroxylation is 1. The lowest BCUT2D eigenvalue weighted by Gasteiger charge is -2.30. The Kier molecular flexibility index (Phi) is 3.45. The van der Waals surface area contributed by atoms with E-state index in [0.29, 0.717) is 6.07 Å². The maximum absolute atomic E-state index is 13.5. The number of hydrogen-bond acceptors (Lipinski definition) is 2. The Bertz CT molecular complexity index is 431. The first kappa shape index (κ1) is 13.9. The first-order valence-electron chi connectivity index (χ1n) is 4.59. The molecule has 0 aliphatic rings. The molecule has 1 unspecified atom stereocenters.